The minimum atomic E-state index is 1.12. The third-order valence-corrected chi connectivity index (χ3v) is 8.00. The molecule has 0 aliphatic heterocycles. The summed E-state index contributed by atoms with van der Waals surface area (Å²) in [6.45, 7) is 2.24. The zero-order valence-electron chi connectivity index (χ0n) is 15.7. The Hall–Kier alpha value is -1.00. The highest BCUT2D eigenvalue weighted by Gasteiger charge is 2.14. The van der Waals surface area contributed by atoms with Crippen molar-refractivity contribution in [3.8, 4) is 0 Å². The van der Waals surface area contributed by atoms with Crippen molar-refractivity contribution in [1.82, 2.24) is 0 Å². The van der Waals surface area contributed by atoms with E-state index in [4.69, 9.17) is 0 Å². The lowest BCUT2D eigenvalue weighted by Crippen LogP contribution is -2.36. The van der Waals surface area contributed by atoms with Crippen molar-refractivity contribution in [2.75, 3.05) is 11.5 Å². The molecule has 2 nitrogen and oxygen atoms in total. The Morgan fingerprint density at radius 2 is 1.04 bits per heavy atom. The van der Waals surface area contributed by atoms with Crippen LogP contribution < -0.4 is 9.13 Å². The van der Waals surface area contributed by atoms with E-state index < -0.39 is 0 Å². The molecule has 0 fully saturated rings. The van der Waals surface area contributed by atoms with Crippen LogP contribution in [-0.2, 0) is 38.8 Å². The highest BCUT2D eigenvalue weighted by atomic mass is 33.1. The van der Waals surface area contributed by atoms with Crippen molar-refractivity contribution in [3.05, 3.63) is 59.2 Å². The van der Waals surface area contributed by atoms with Crippen molar-refractivity contribution >= 4 is 21.6 Å². The van der Waals surface area contributed by atoms with Gasteiger partial charge in [0.1, 0.15) is 0 Å². The van der Waals surface area contributed by atoms with Gasteiger partial charge in [0.15, 0.2) is 37.9 Å². The summed E-state index contributed by atoms with van der Waals surface area (Å²) >= 11 is 0. The van der Waals surface area contributed by atoms with Crippen LogP contribution in [0.3, 0.4) is 0 Å². The first-order chi connectivity index (χ1) is 12.9. The van der Waals surface area contributed by atoms with E-state index in [9.17, 15) is 0 Å². The monoisotopic (exact) mass is 386 g/mol. The third kappa shape index (κ3) is 4.83. The van der Waals surface area contributed by atoms with E-state index in [1.165, 1.54) is 62.9 Å². The van der Waals surface area contributed by atoms with Gasteiger partial charge in [-0.15, -0.1) is 0 Å². The summed E-state index contributed by atoms with van der Waals surface area (Å²) in [5.74, 6) is 2.37. The summed E-state index contributed by atoms with van der Waals surface area (Å²) in [4.78, 5) is 0. The zero-order valence-corrected chi connectivity index (χ0v) is 17.3. The summed E-state index contributed by atoms with van der Waals surface area (Å²) in [6.07, 6.45) is 19.9. The molecule has 2 aromatic heterocycles. The van der Waals surface area contributed by atoms with Gasteiger partial charge < -0.3 is 0 Å². The van der Waals surface area contributed by atoms with E-state index in [-0.39, 0.29) is 0 Å². The van der Waals surface area contributed by atoms with Gasteiger partial charge in [0.05, 0.1) is 11.5 Å². The second-order valence-electron chi connectivity index (χ2n) is 7.52. The molecule has 0 radical (unpaired) electrons. The quantitative estimate of drug-likeness (QED) is 0.402. The number of fused-ring (bicyclic) bond motifs is 2. The molecule has 0 bridgehead atoms. The first kappa shape index (κ1) is 18.4. The molecule has 0 unspecified atom stereocenters. The highest BCUT2D eigenvalue weighted by molar-refractivity contribution is 8.76. The van der Waals surface area contributed by atoms with Crippen LogP contribution in [0, 0.1) is 0 Å². The fraction of sp³-hybridized carbons (Fsp3) is 0.545. The predicted octanol–water partition coefficient (Wildman–Crippen LogP) is 4.10. The summed E-state index contributed by atoms with van der Waals surface area (Å²) in [5.41, 5.74) is 6.33. The van der Waals surface area contributed by atoms with Gasteiger partial charge in [-0.3, -0.25) is 0 Å². The average molecular weight is 387 g/mol. The molecule has 0 saturated heterocycles. The Labute approximate surface area is 165 Å². The van der Waals surface area contributed by atoms with Gasteiger partial charge in [-0.1, -0.05) is 21.6 Å². The number of aromatic nitrogens is 2. The number of rotatable bonds is 7. The fourth-order valence-corrected chi connectivity index (χ4v) is 6.08. The summed E-state index contributed by atoms with van der Waals surface area (Å²) in [5, 5.41) is 0. The maximum Gasteiger partial charge on any atom is 0.172 e. The maximum absolute atomic E-state index is 2.39. The van der Waals surface area contributed by atoms with Gasteiger partial charge >= 0.3 is 0 Å². The first-order valence-corrected chi connectivity index (χ1v) is 12.6. The fourth-order valence-electron chi connectivity index (χ4n) is 4.12. The maximum atomic E-state index is 2.39. The second kappa shape index (κ2) is 9.27. The molecule has 0 N–H and O–H groups in total. The summed E-state index contributed by atoms with van der Waals surface area (Å²) < 4.78 is 4.77. The Bertz CT molecular complexity index is 681. The Morgan fingerprint density at radius 3 is 1.50 bits per heavy atom. The van der Waals surface area contributed by atoms with Gasteiger partial charge in [-0.05, 0) is 62.5 Å². The van der Waals surface area contributed by atoms with Crippen LogP contribution in [0.2, 0.25) is 0 Å². The standard InChI is InChI=1S/C22H30N2S2/c1-3-7-21-17-23(11-9-19(21)5-1)13-15-25-26-16-14-24-12-10-20-6-2-4-8-22(20)18-24/h9-12,17-18H,1-8,13-16H2/q+2. The molecule has 4 heteroatoms. The molecule has 0 spiro atoms. The highest BCUT2D eigenvalue weighted by Crippen LogP contribution is 2.22. The van der Waals surface area contributed by atoms with Gasteiger partial charge in [0.2, 0.25) is 0 Å². The largest absolute Gasteiger partial charge is 0.204 e. The van der Waals surface area contributed by atoms with E-state index in [1.54, 1.807) is 22.3 Å². The van der Waals surface area contributed by atoms with Crippen LogP contribution in [0.4, 0.5) is 0 Å². The second-order valence-corrected chi connectivity index (χ2v) is 10.2. The molecule has 2 heterocycles. The number of pyridine rings is 2. The minimum absolute atomic E-state index is 1.12. The summed E-state index contributed by atoms with van der Waals surface area (Å²) in [7, 11) is 4.03. The molecule has 0 atom stereocenters. The number of hydrogen-bond donors (Lipinski definition) is 0. The van der Waals surface area contributed by atoms with E-state index in [2.05, 4.69) is 46.1 Å². The van der Waals surface area contributed by atoms with Gasteiger partial charge in [-0.2, -0.15) is 0 Å². The van der Waals surface area contributed by atoms with Crippen molar-refractivity contribution in [2.24, 2.45) is 0 Å². The lowest BCUT2D eigenvalue weighted by Gasteiger charge is -2.13. The number of hydrogen-bond acceptors (Lipinski definition) is 2. The SMILES string of the molecule is c1c[n+](CCSSCC[n+]2ccc3c(c2)CCCC3)cc2c1CCCC2. The molecule has 0 aromatic carbocycles. The minimum Gasteiger partial charge on any atom is -0.204 e. The summed E-state index contributed by atoms with van der Waals surface area (Å²) in [6, 6.07) is 4.69. The van der Waals surface area contributed by atoms with Gasteiger partial charge in [0.25, 0.3) is 0 Å². The van der Waals surface area contributed by atoms with Crippen molar-refractivity contribution in [2.45, 2.75) is 64.5 Å². The van der Waals surface area contributed by atoms with Crippen LogP contribution in [0.1, 0.15) is 47.9 Å². The average Bonchev–Trinajstić information content (AvgIpc) is 2.70. The molecule has 0 amide bonds. The number of nitrogens with zero attached hydrogens (tertiary/aromatic N) is 2. The Kier molecular flexibility index (Phi) is 6.55. The van der Waals surface area contributed by atoms with E-state index >= 15 is 0 Å². The topological polar surface area (TPSA) is 7.76 Å². The normalized spacial score (nSPS) is 16.2. The van der Waals surface area contributed by atoms with E-state index in [1.807, 2.05) is 21.6 Å². The van der Waals surface area contributed by atoms with E-state index in [0.717, 1.165) is 13.1 Å². The third-order valence-electron chi connectivity index (χ3n) is 5.64. The molecule has 4 rings (SSSR count). The van der Waals surface area contributed by atoms with Crippen LogP contribution >= 0.6 is 21.6 Å². The van der Waals surface area contributed by atoms with Crippen LogP contribution in [0.15, 0.2) is 36.9 Å². The van der Waals surface area contributed by atoms with Crippen LogP contribution in [0.5, 0.6) is 0 Å². The molecular formula is C22H30N2S2+2. The molecular weight excluding hydrogens is 356 g/mol. The molecule has 2 aromatic rings. The van der Waals surface area contributed by atoms with Gasteiger partial charge in [-0.25, -0.2) is 9.13 Å². The lowest BCUT2D eigenvalue weighted by molar-refractivity contribution is -0.693. The molecule has 138 valence electrons. The molecule has 0 saturated carbocycles. The lowest BCUT2D eigenvalue weighted by atomic mass is 9.93. The molecule has 2 aliphatic rings. The molecule has 2 aliphatic carbocycles. The van der Waals surface area contributed by atoms with Gasteiger partial charge in [0, 0.05) is 23.3 Å². The Balaban J connectivity index is 1.17. The molecule has 26 heavy (non-hydrogen) atoms. The Morgan fingerprint density at radius 1 is 0.615 bits per heavy atom. The number of aryl methyl sites for hydroxylation is 6. The first-order valence-electron chi connectivity index (χ1n) is 10.1. The van der Waals surface area contributed by atoms with E-state index in [0.29, 0.717) is 0 Å². The predicted molar refractivity (Wildman–Crippen MR) is 111 cm³/mol. The smallest absolute Gasteiger partial charge is 0.172 e. The van der Waals surface area contributed by atoms with Crippen molar-refractivity contribution in [3.63, 3.8) is 0 Å². The van der Waals surface area contributed by atoms with Crippen molar-refractivity contribution < 1.29 is 9.13 Å². The van der Waals surface area contributed by atoms with Crippen LogP contribution in [0.25, 0.3) is 0 Å². The van der Waals surface area contributed by atoms with Crippen molar-refractivity contribution in [1.29, 1.82) is 0 Å². The zero-order chi connectivity index (χ0) is 17.6. The van der Waals surface area contributed by atoms with Crippen LogP contribution in [-0.4, -0.2) is 11.5 Å².